The number of piperidine rings is 1. The normalized spacial score (nSPS) is 23.5. The van der Waals surface area contributed by atoms with Gasteiger partial charge >= 0.3 is 0 Å². The van der Waals surface area contributed by atoms with Gasteiger partial charge in [0.05, 0.1) is 36.5 Å². The van der Waals surface area contributed by atoms with E-state index in [1.54, 1.807) is 24.3 Å². The van der Waals surface area contributed by atoms with E-state index in [0.717, 1.165) is 53.0 Å². The van der Waals surface area contributed by atoms with Crippen LogP contribution in [0.2, 0.25) is 0 Å². The standard InChI is InChI=1S/C39H40N2O5/c1-26-35(24-40-21-7-2-8-22-40)45-39(46-36(26)29-15-13-27(25-42)14-16-29)30-19-17-28(18-20-30)32-10-4-3-9-31(32)23-41-37(43)33-11-5-6-12-34(33)38(41)44/h3-6,9-20,26,35-36,39,42H,2,7-8,21-25H2,1H3/t26-,35+,36+,39+/m1/s1. The molecule has 7 nitrogen and oxygen atoms in total. The monoisotopic (exact) mass is 616 g/mol. The van der Waals surface area contributed by atoms with Crippen molar-refractivity contribution < 1.29 is 24.2 Å². The molecule has 0 radical (unpaired) electrons. The number of rotatable bonds is 8. The van der Waals surface area contributed by atoms with Crippen LogP contribution in [0, 0.1) is 5.92 Å². The summed E-state index contributed by atoms with van der Waals surface area (Å²) in [7, 11) is 0. The first-order valence-corrected chi connectivity index (χ1v) is 16.4. The van der Waals surface area contributed by atoms with Gasteiger partial charge in [0, 0.05) is 18.0 Å². The number of benzene rings is 4. The number of imide groups is 1. The minimum atomic E-state index is -0.531. The Morgan fingerprint density at radius 3 is 1.98 bits per heavy atom. The fourth-order valence-corrected chi connectivity index (χ4v) is 7.04. The van der Waals surface area contributed by atoms with Gasteiger partial charge in [-0.15, -0.1) is 0 Å². The van der Waals surface area contributed by atoms with Crippen molar-refractivity contribution in [2.24, 2.45) is 5.92 Å². The summed E-state index contributed by atoms with van der Waals surface area (Å²) < 4.78 is 13.4. The SMILES string of the molecule is C[C@@H]1[C@H](CN2CCCCC2)O[C@H](c2ccc(-c3ccccc3CN3C(=O)c4ccccc4C3=O)cc2)O[C@@H]1c1ccc(CO)cc1. The van der Waals surface area contributed by atoms with E-state index in [1.807, 2.05) is 36.4 Å². The second kappa shape index (κ2) is 13.3. The lowest BCUT2D eigenvalue weighted by atomic mass is 9.89. The van der Waals surface area contributed by atoms with Gasteiger partial charge < -0.3 is 19.5 Å². The first kappa shape index (κ1) is 30.5. The summed E-state index contributed by atoms with van der Waals surface area (Å²) in [6, 6.07) is 31.2. The number of amides is 2. The maximum absolute atomic E-state index is 13.1. The Bertz CT molecular complexity index is 1660. The first-order valence-electron chi connectivity index (χ1n) is 16.4. The van der Waals surface area contributed by atoms with Crippen molar-refractivity contribution in [2.45, 2.75) is 57.8 Å². The van der Waals surface area contributed by atoms with Crippen LogP contribution in [0.5, 0.6) is 0 Å². The van der Waals surface area contributed by atoms with Gasteiger partial charge in [0.25, 0.3) is 11.8 Å². The second-order valence-electron chi connectivity index (χ2n) is 12.7. The van der Waals surface area contributed by atoms with Crippen LogP contribution < -0.4 is 0 Å². The van der Waals surface area contributed by atoms with Gasteiger partial charge in [-0.1, -0.05) is 98.3 Å². The second-order valence-corrected chi connectivity index (χ2v) is 12.7. The van der Waals surface area contributed by atoms with Crippen molar-refractivity contribution in [2.75, 3.05) is 19.6 Å². The molecule has 0 unspecified atom stereocenters. The number of aliphatic hydroxyl groups excluding tert-OH is 1. The van der Waals surface area contributed by atoms with Crippen LogP contribution in [0.4, 0.5) is 0 Å². The van der Waals surface area contributed by atoms with Crippen molar-refractivity contribution in [3.63, 3.8) is 0 Å². The van der Waals surface area contributed by atoms with Crippen LogP contribution in [0.3, 0.4) is 0 Å². The summed E-state index contributed by atoms with van der Waals surface area (Å²) >= 11 is 0. The number of fused-ring (bicyclic) bond motifs is 1. The Hall–Kier alpha value is -4.14. The zero-order valence-corrected chi connectivity index (χ0v) is 26.2. The molecule has 0 aromatic heterocycles. The third-order valence-corrected chi connectivity index (χ3v) is 9.73. The topological polar surface area (TPSA) is 79.3 Å². The summed E-state index contributed by atoms with van der Waals surface area (Å²) in [6.45, 7) is 5.50. The number of likely N-dealkylation sites (tertiary alicyclic amines) is 1. The average Bonchev–Trinajstić information content (AvgIpc) is 3.35. The third-order valence-electron chi connectivity index (χ3n) is 9.73. The molecule has 3 aliphatic rings. The molecule has 1 N–H and O–H groups in total. The van der Waals surface area contributed by atoms with Crippen molar-refractivity contribution >= 4 is 11.8 Å². The maximum atomic E-state index is 13.1. The van der Waals surface area contributed by atoms with E-state index in [-0.39, 0.29) is 43.1 Å². The first-order chi connectivity index (χ1) is 22.5. The molecule has 0 saturated carbocycles. The molecule has 4 aromatic carbocycles. The van der Waals surface area contributed by atoms with Crippen LogP contribution >= 0.6 is 0 Å². The molecule has 236 valence electrons. The van der Waals surface area contributed by atoms with Crippen molar-refractivity contribution in [1.29, 1.82) is 0 Å². The van der Waals surface area contributed by atoms with E-state index < -0.39 is 6.29 Å². The fraction of sp³-hybridized carbons (Fsp3) is 0.333. The quantitative estimate of drug-likeness (QED) is 0.217. The van der Waals surface area contributed by atoms with Crippen LogP contribution in [-0.2, 0) is 22.6 Å². The minimum Gasteiger partial charge on any atom is -0.392 e. The van der Waals surface area contributed by atoms with Crippen LogP contribution in [0.15, 0.2) is 97.1 Å². The lowest BCUT2D eigenvalue weighted by Crippen LogP contribution is -2.45. The van der Waals surface area contributed by atoms with Crippen LogP contribution in [-0.4, -0.2) is 52.5 Å². The van der Waals surface area contributed by atoms with Gasteiger partial charge in [-0.05, 0) is 65.9 Å². The lowest BCUT2D eigenvalue weighted by molar-refractivity contribution is -0.276. The molecule has 7 heteroatoms. The summed E-state index contributed by atoms with van der Waals surface area (Å²) in [6.07, 6.45) is 3.06. The number of aliphatic hydroxyl groups is 1. The molecule has 4 atom stereocenters. The summed E-state index contributed by atoms with van der Waals surface area (Å²) in [5.74, 6) is -0.371. The van der Waals surface area contributed by atoms with Gasteiger partial charge in [-0.25, -0.2) is 0 Å². The Morgan fingerprint density at radius 1 is 0.717 bits per heavy atom. The van der Waals surface area contributed by atoms with E-state index >= 15 is 0 Å². The molecule has 2 fully saturated rings. The Kier molecular flexibility index (Phi) is 8.82. The lowest BCUT2D eigenvalue weighted by Gasteiger charge is -2.43. The minimum absolute atomic E-state index is 0.000529. The molecule has 0 bridgehead atoms. The molecular formula is C39H40N2O5. The molecule has 46 heavy (non-hydrogen) atoms. The molecule has 2 amide bonds. The smallest absolute Gasteiger partial charge is 0.261 e. The predicted molar refractivity (Wildman–Crippen MR) is 176 cm³/mol. The molecule has 0 spiro atoms. The van der Waals surface area contributed by atoms with Crippen molar-refractivity contribution in [3.8, 4) is 11.1 Å². The molecule has 3 aliphatic heterocycles. The number of hydrogen-bond acceptors (Lipinski definition) is 6. The highest BCUT2D eigenvalue weighted by atomic mass is 16.7. The van der Waals surface area contributed by atoms with Crippen LogP contribution in [0.1, 0.15) is 81.5 Å². The molecule has 4 aromatic rings. The Labute approximate surface area is 270 Å². The van der Waals surface area contributed by atoms with Gasteiger partial charge in [0.2, 0.25) is 0 Å². The molecule has 3 heterocycles. The number of nitrogens with zero attached hydrogens (tertiary/aromatic N) is 2. The van der Waals surface area contributed by atoms with Crippen molar-refractivity contribution in [3.05, 3.63) is 130 Å². The summed E-state index contributed by atoms with van der Waals surface area (Å²) in [5, 5.41) is 9.57. The number of ether oxygens (including phenoxy) is 2. The Balaban J connectivity index is 1.13. The summed E-state index contributed by atoms with van der Waals surface area (Å²) in [5.41, 5.74) is 6.67. The van der Waals surface area contributed by atoms with Gasteiger partial charge in [-0.3, -0.25) is 14.5 Å². The third kappa shape index (κ3) is 6.04. The highest BCUT2D eigenvalue weighted by molar-refractivity contribution is 6.21. The van der Waals surface area contributed by atoms with Gasteiger partial charge in [0.1, 0.15) is 0 Å². The zero-order chi connectivity index (χ0) is 31.6. The highest BCUT2D eigenvalue weighted by Gasteiger charge is 2.39. The zero-order valence-electron chi connectivity index (χ0n) is 26.2. The van der Waals surface area contributed by atoms with E-state index in [2.05, 4.69) is 48.2 Å². The number of carbonyl (C=O) groups is 2. The largest absolute Gasteiger partial charge is 0.392 e. The van der Waals surface area contributed by atoms with E-state index in [4.69, 9.17) is 9.47 Å². The fourth-order valence-electron chi connectivity index (χ4n) is 7.04. The van der Waals surface area contributed by atoms with E-state index in [0.29, 0.717) is 11.1 Å². The van der Waals surface area contributed by atoms with Crippen molar-refractivity contribution in [1.82, 2.24) is 9.80 Å². The maximum Gasteiger partial charge on any atom is 0.261 e. The number of hydrogen-bond donors (Lipinski definition) is 1. The number of carbonyl (C=O) groups excluding carboxylic acids is 2. The summed E-state index contributed by atoms with van der Waals surface area (Å²) in [4.78, 5) is 30.0. The average molecular weight is 617 g/mol. The highest BCUT2D eigenvalue weighted by Crippen LogP contribution is 2.42. The molecule has 0 aliphatic carbocycles. The van der Waals surface area contributed by atoms with Crippen LogP contribution in [0.25, 0.3) is 11.1 Å². The van der Waals surface area contributed by atoms with E-state index in [1.165, 1.54) is 24.2 Å². The molecule has 2 saturated heterocycles. The van der Waals surface area contributed by atoms with E-state index in [9.17, 15) is 14.7 Å². The van der Waals surface area contributed by atoms with Gasteiger partial charge in [-0.2, -0.15) is 0 Å². The predicted octanol–water partition coefficient (Wildman–Crippen LogP) is 6.92. The molecule has 7 rings (SSSR count). The van der Waals surface area contributed by atoms with Gasteiger partial charge in [0.15, 0.2) is 6.29 Å². The molecular weight excluding hydrogens is 576 g/mol. The Morgan fingerprint density at radius 2 is 1.33 bits per heavy atom.